The van der Waals surface area contributed by atoms with Crippen LogP contribution in [0.15, 0.2) is 79.3 Å². The van der Waals surface area contributed by atoms with Gasteiger partial charge in [-0.3, -0.25) is 14.8 Å². The second kappa shape index (κ2) is 10.4. The first-order valence-electron chi connectivity index (χ1n) is 11.4. The molecule has 2 N–H and O–H groups in total. The fourth-order valence-electron chi connectivity index (χ4n) is 3.78. The Hall–Kier alpha value is -5.25. The summed E-state index contributed by atoms with van der Waals surface area (Å²) < 4.78 is 29.8. The Bertz CT molecular complexity index is 1630. The van der Waals surface area contributed by atoms with Crippen LogP contribution in [0.1, 0.15) is 10.4 Å². The van der Waals surface area contributed by atoms with E-state index in [2.05, 4.69) is 20.3 Å². The molecule has 2 aromatic carbocycles. The third-order valence-electron chi connectivity index (χ3n) is 5.68. The van der Waals surface area contributed by atoms with Crippen LogP contribution in [0.2, 0.25) is 0 Å². The predicted molar refractivity (Wildman–Crippen MR) is 138 cm³/mol. The average molecular weight is 512 g/mol. The summed E-state index contributed by atoms with van der Waals surface area (Å²) in [4.78, 5) is 25.7. The zero-order valence-corrected chi connectivity index (χ0v) is 20.3. The molecule has 0 saturated carbocycles. The molecule has 38 heavy (non-hydrogen) atoms. The number of anilines is 1. The number of fused-ring (bicyclic) bond motifs is 1. The molecule has 0 fully saturated rings. The monoisotopic (exact) mass is 512 g/mol. The van der Waals surface area contributed by atoms with Crippen LogP contribution in [0.4, 0.5) is 10.1 Å². The molecule has 0 radical (unpaired) electrons. The molecule has 10 heteroatoms. The summed E-state index contributed by atoms with van der Waals surface area (Å²) in [6.45, 7) is 0. The SMILES string of the molecule is COc1cc2nccc(Oc3ccc(NC(=O)c4cncc(-c5ccc(F)cc5)c4O)cc3)c2nc1OC. The van der Waals surface area contributed by atoms with Crippen LogP contribution >= 0.6 is 0 Å². The van der Waals surface area contributed by atoms with Gasteiger partial charge in [0.2, 0.25) is 0 Å². The molecular formula is C28H21FN4O5. The lowest BCUT2D eigenvalue weighted by Gasteiger charge is -2.12. The lowest BCUT2D eigenvalue weighted by atomic mass is 10.0. The molecule has 0 aliphatic rings. The maximum absolute atomic E-state index is 13.3. The van der Waals surface area contributed by atoms with E-state index in [9.17, 15) is 14.3 Å². The molecule has 5 rings (SSSR count). The first kappa shape index (κ1) is 24.4. The number of nitrogens with zero attached hydrogens (tertiary/aromatic N) is 3. The summed E-state index contributed by atoms with van der Waals surface area (Å²) in [5, 5.41) is 13.4. The fraction of sp³-hybridized carbons (Fsp3) is 0.0714. The molecule has 0 atom stereocenters. The summed E-state index contributed by atoms with van der Waals surface area (Å²) in [5.41, 5.74) is 2.35. The summed E-state index contributed by atoms with van der Waals surface area (Å²) in [5.74, 6) is 0.490. The first-order valence-corrected chi connectivity index (χ1v) is 11.4. The Kier molecular flexibility index (Phi) is 6.68. The van der Waals surface area contributed by atoms with Crippen molar-refractivity contribution in [1.29, 1.82) is 0 Å². The lowest BCUT2D eigenvalue weighted by Crippen LogP contribution is -2.12. The van der Waals surface area contributed by atoms with Crippen LogP contribution in [0.5, 0.6) is 28.9 Å². The molecular weight excluding hydrogens is 491 g/mol. The van der Waals surface area contributed by atoms with Crippen molar-refractivity contribution in [3.63, 3.8) is 0 Å². The zero-order chi connectivity index (χ0) is 26.6. The van der Waals surface area contributed by atoms with Gasteiger partial charge in [-0.25, -0.2) is 9.37 Å². The minimum atomic E-state index is -0.557. The minimum absolute atomic E-state index is 0.0224. The number of rotatable bonds is 7. The van der Waals surface area contributed by atoms with Crippen molar-refractivity contribution in [3.05, 3.63) is 90.6 Å². The molecule has 0 saturated heterocycles. The normalized spacial score (nSPS) is 10.7. The number of aromatic hydroxyl groups is 1. The minimum Gasteiger partial charge on any atom is -0.506 e. The van der Waals surface area contributed by atoms with E-state index in [4.69, 9.17) is 14.2 Å². The van der Waals surface area contributed by atoms with Gasteiger partial charge in [-0.1, -0.05) is 12.1 Å². The highest BCUT2D eigenvalue weighted by atomic mass is 19.1. The molecule has 0 spiro atoms. The molecule has 9 nitrogen and oxygen atoms in total. The van der Waals surface area contributed by atoms with Gasteiger partial charge in [0.1, 0.15) is 28.4 Å². The van der Waals surface area contributed by atoms with Crippen molar-refractivity contribution in [2.45, 2.75) is 0 Å². The van der Waals surface area contributed by atoms with Gasteiger partial charge in [0.15, 0.2) is 11.5 Å². The van der Waals surface area contributed by atoms with Gasteiger partial charge in [0, 0.05) is 42.0 Å². The van der Waals surface area contributed by atoms with Gasteiger partial charge in [-0.05, 0) is 42.0 Å². The fourth-order valence-corrected chi connectivity index (χ4v) is 3.78. The number of ether oxygens (including phenoxy) is 3. The summed E-state index contributed by atoms with van der Waals surface area (Å²) in [7, 11) is 3.02. The second-order valence-corrected chi connectivity index (χ2v) is 8.05. The van der Waals surface area contributed by atoms with Crippen LogP contribution in [-0.2, 0) is 0 Å². The molecule has 0 aliphatic heterocycles. The molecule has 190 valence electrons. The highest BCUT2D eigenvalue weighted by Crippen LogP contribution is 2.35. The number of hydrogen-bond donors (Lipinski definition) is 2. The first-order chi connectivity index (χ1) is 18.5. The van der Waals surface area contributed by atoms with E-state index in [-0.39, 0.29) is 11.3 Å². The van der Waals surface area contributed by atoms with Gasteiger partial charge < -0.3 is 24.6 Å². The van der Waals surface area contributed by atoms with Gasteiger partial charge in [-0.15, -0.1) is 0 Å². The Morgan fingerprint density at radius 3 is 2.42 bits per heavy atom. The van der Waals surface area contributed by atoms with E-state index in [1.165, 1.54) is 50.9 Å². The largest absolute Gasteiger partial charge is 0.506 e. The van der Waals surface area contributed by atoms with Crippen molar-refractivity contribution < 1.29 is 28.5 Å². The van der Waals surface area contributed by atoms with Gasteiger partial charge in [0.25, 0.3) is 11.8 Å². The number of methoxy groups -OCH3 is 2. The number of halogens is 1. The van der Waals surface area contributed by atoms with E-state index >= 15 is 0 Å². The maximum atomic E-state index is 13.3. The molecule has 0 unspecified atom stereocenters. The van der Waals surface area contributed by atoms with Crippen LogP contribution in [0, 0.1) is 5.82 Å². The summed E-state index contributed by atoms with van der Waals surface area (Å²) in [6, 6.07) is 15.6. The number of amides is 1. The Labute approximate surface area is 216 Å². The Morgan fingerprint density at radius 2 is 1.71 bits per heavy atom. The predicted octanol–water partition coefficient (Wildman–Crippen LogP) is 5.60. The number of pyridine rings is 3. The van der Waals surface area contributed by atoms with Crippen LogP contribution < -0.4 is 19.5 Å². The van der Waals surface area contributed by atoms with Crippen molar-refractivity contribution in [1.82, 2.24) is 15.0 Å². The highest BCUT2D eigenvalue weighted by molar-refractivity contribution is 6.07. The van der Waals surface area contributed by atoms with E-state index in [0.717, 1.165) is 0 Å². The Morgan fingerprint density at radius 1 is 0.947 bits per heavy atom. The number of nitrogens with one attached hydrogen (secondary N) is 1. The average Bonchev–Trinajstić information content (AvgIpc) is 2.94. The van der Waals surface area contributed by atoms with Gasteiger partial charge in [-0.2, -0.15) is 0 Å². The second-order valence-electron chi connectivity index (χ2n) is 8.05. The van der Waals surface area contributed by atoms with Crippen LogP contribution in [-0.4, -0.2) is 40.2 Å². The summed E-state index contributed by atoms with van der Waals surface area (Å²) in [6.07, 6.45) is 4.27. The molecule has 0 aliphatic carbocycles. The van der Waals surface area contributed by atoms with E-state index < -0.39 is 11.7 Å². The summed E-state index contributed by atoms with van der Waals surface area (Å²) >= 11 is 0. The van der Waals surface area contributed by atoms with Crippen LogP contribution in [0.25, 0.3) is 22.2 Å². The maximum Gasteiger partial charge on any atom is 0.261 e. The third-order valence-corrected chi connectivity index (χ3v) is 5.68. The number of carbonyl (C=O) groups is 1. The van der Waals surface area contributed by atoms with E-state index in [1.807, 2.05) is 0 Å². The zero-order valence-electron chi connectivity index (χ0n) is 20.3. The van der Waals surface area contributed by atoms with E-state index in [0.29, 0.717) is 51.0 Å². The van der Waals surface area contributed by atoms with Crippen molar-refractivity contribution in [2.75, 3.05) is 19.5 Å². The van der Waals surface area contributed by atoms with E-state index in [1.54, 1.807) is 42.6 Å². The number of aromatic nitrogens is 3. The number of hydrogen-bond acceptors (Lipinski definition) is 8. The van der Waals surface area contributed by atoms with Crippen molar-refractivity contribution in [2.24, 2.45) is 0 Å². The Balaban J connectivity index is 1.34. The van der Waals surface area contributed by atoms with Gasteiger partial charge >= 0.3 is 0 Å². The lowest BCUT2D eigenvalue weighted by molar-refractivity contribution is 0.102. The quantitative estimate of drug-likeness (QED) is 0.290. The highest BCUT2D eigenvalue weighted by Gasteiger charge is 2.17. The molecule has 3 aromatic heterocycles. The van der Waals surface area contributed by atoms with Crippen molar-refractivity contribution in [3.8, 4) is 40.0 Å². The number of benzene rings is 2. The van der Waals surface area contributed by atoms with Gasteiger partial charge in [0.05, 0.1) is 19.7 Å². The smallest absolute Gasteiger partial charge is 0.261 e. The van der Waals surface area contributed by atoms with Crippen LogP contribution in [0.3, 0.4) is 0 Å². The standard InChI is InChI=1S/C28H21FN4O5/c1-36-24-13-22-25(33-28(24)37-2)23(11-12-31-22)38-19-9-7-18(8-10-19)32-27(35)21-15-30-14-20(26(21)34)16-3-5-17(29)6-4-16/h3-15H,1-2H3,(H,30,34)(H,32,35). The van der Waals surface area contributed by atoms with Crippen molar-refractivity contribution >= 4 is 22.6 Å². The molecule has 3 heterocycles. The molecule has 1 amide bonds. The topological polar surface area (TPSA) is 116 Å². The molecule has 5 aromatic rings. The third kappa shape index (κ3) is 4.87. The number of carbonyl (C=O) groups excluding carboxylic acids is 1. The molecule has 0 bridgehead atoms.